The smallest absolute Gasteiger partial charge is 0.324 e. The summed E-state index contributed by atoms with van der Waals surface area (Å²) in [7, 11) is 1.62. The molecule has 1 aliphatic rings. The molecule has 0 bridgehead atoms. The molecule has 1 aromatic carbocycles. The van der Waals surface area contributed by atoms with E-state index < -0.39 is 6.04 Å². The topological polar surface area (TPSA) is 88.5 Å². The van der Waals surface area contributed by atoms with E-state index in [4.69, 9.17) is 4.74 Å². The fourth-order valence-electron chi connectivity index (χ4n) is 2.89. The van der Waals surface area contributed by atoms with Gasteiger partial charge in [0.1, 0.15) is 6.04 Å². The Morgan fingerprint density at radius 2 is 2.12 bits per heavy atom. The quantitative estimate of drug-likeness (QED) is 0.768. The molecule has 0 fully saturated rings. The highest BCUT2D eigenvalue weighted by atomic mass is 16.5. The lowest BCUT2D eigenvalue weighted by atomic mass is 10.3. The molecule has 8 nitrogen and oxygen atoms in total. The first-order chi connectivity index (χ1) is 12.1. The number of para-hydroxylation sites is 2. The van der Waals surface area contributed by atoms with Gasteiger partial charge in [-0.05, 0) is 25.5 Å². The average molecular weight is 345 g/mol. The van der Waals surface area contributed by atoms with Crippen molar-refractivity contribution in [2.24, 2.45) is 0 Å². The highest BCUT2D eigenvalue weighted by Crippen LogP contribution is 2.26. The number of rotatable bonds is 6. The second kappa shape index (κ2) is 7.52. The van der Waals surface area contributed by atoms with Crippen LogP contribution in [0.4, 0.5) is 10.7 Å². The number of hydrogen-bond donors (Lipinski definition) is 2. The fraction of sp³-hybridized carbons (Fsp3) is 0.471. The predicted molar refractivity (Wildman–Crippen MR) is 94.6 cm³/mol. The monoisotopic (exact) mass is 345 g/mol. The molecule has 2 N–H and O–H groups in total. The van der Waals surface area contributed by atoms with E-state index in [0.717, 1.165) is 17.5 Å². The summed E-state index contributed by atoms with van der Waals surface area (Å²) in [4.78, 5) is 30.7. The summed E-state index contributed by atoms with van der Waals surface area (Å²) in [5.74, 6) is 0.406. The lowest BCUT2D eigenvalue weighted by Gasteiger charge is -2.19. The highest BCUT2D eigenvalue weighted by molar-refractivity contribution is 5.96. The van der Waals surface area contributed by atoms with Gasteiger partial charge >= 0.3 is 6.03 Å². The van der Waals surface area contributed by atoms with Crippen molar-refractivity contribution in [3.05, 3.63) is 24.3 Å². The van der Waals surface area contributed by atoms with Crippen LogP contribution in [0.1, 0.15) is 13.3 Å². The fourth-order valence-corrected chi connectivity index (χ4v) is 2.89. The van der Waals surface area contributed by atoms with Crippen LogP contribution in [0.25, 0.3) is 11.0 Å². The summed E-state index contributed by atoms with van der Waals surface area (Å²) in [6.07, 6.45) is 0.735. The van der Waals surface area contributed by atoms with Gasteiger partial charge < -0.3 is 19.9 Å². The minimum atomic E-state index is -0.617. The maximum Gasteiger partial charge on any atom is 0.324 e. The molecule has 8 heteroatoms. The maximum absolute atomic E-state index is 12.5. The molecule has 0 spiro atoms. The molecule has 3 rings (SSSR count). The standard InChI is InChI=1S/C17H23N5O3/c1-12(15(23)18-8-5-11-25-2)19-17(24)22-10-9-21-14-7-4-3-6-13(14)20-16(21)22/h3-4,6-7,12H,5,8-11H2,1-2H3,(H,18,23)(H,19,24). The summed E-state index contributed by atoms with van der Waals surface area (Å²) >= 11 is 0. The molecule has 3 amide bonds. The van der Waals surface area contributed by atoms with Gasteiger partial charge in [-0.3, -0.25) is 9.69 Å². The molecule has 1 atom stereocenters. The van der Waals surface area contributed by atoms with Gasteiger partial charge in [-0.2, -0.15) is 0 Å². The predicted octanol–water partition coefficient (Wildman–Crippen LogP) is 1.11. The number of ether oxygens (including phenoxy) is 1. The number of urea groups is 1. The van der Waals surface area contributed by atoms with Crippen LogP contribution in [0.15, 0.2) is 24.3 Å². The van der Waals surface area contributed by atoms with Crippen molar-refractivity contribution < 1.29 is 14.3 Å². The molecule has 0 saturated carbocycles. The zero-order valence-electron chi connectivity index (χ0n) is 14.5. The molecule has 1 unspecified atom stereocenters. The van der Waals surface area contributed by atoms with Gasteiger partial charge in [-0.25, -0.2) is 9.78 Å². The zero-order chi connectivity index (χ0) is 17.8. The number of anilines is 1. The average Bonchev–Trinajstić information content (AvgIpc) is 3.17. The second-order valence-corrected chi connectivity index (χ2v) is 6.01. The first-order valence-electron chi connectivity index (χ1n) is 8.41. The minimum absolute atomic E-state index is 0.211. The van der Waals surface area contributed by atoms with Crippen molar-refractivity contribution in [3.8, 4) is 0 Å². The number of benzene rings is 1. The Morgan fingerprint density at radius 3 is 2.92 bits per heavy atom. The lowest BCUT2D eigenvalue weighted by Crippen LogP contribution is -2.50. The number of amides is 3. The van der Waals surface area contributed by atoms with Crippen molar-refractivity contribution >= 4 is 28.9 Å². The van der Waals surface area contributed by atoms with Gasteiger partial charge in [-0.15, -0.1) is 0 Å². The van der Waals surface area contributed by atoms with E-state index in [1.165, 1.54) is 0 Å². The molecule has 2 aromatic rings. The summed E-state index contributed by atoms with van der Waals surface area (Å²) in [5, 5.41) is 5.52. The van der Waals surface area contributed by atoms with Crippen LogP contribution in [0.2, 0.25) is 0 Å². The van der Waals surface area contributed by atoms with E-state index in [9.17, 15) is 9.59 Å². The van der Waals surface area contributed by atoms with Crippen LogP contribution in [0.3, 0.4) is 0 Å². The number of hydrogen-bond acceptors (Lipinski definition) is 4. The van der Waals surface area contributed by atoms with Crippen LogP contribution < -0.4 is 15.5 Å². The van der Waals surface area contributed by atoms with E-state index in [0.29, 0.717) is 32.2 Å². The number of imidazole rings is 1. The largest absolute Gasteiger partial charge is 0.385 e. The van der Waals surface area contributed by atoms with Crippen LogP contribution in [0, 0.1) is 0 Å². The number of aromatic nitrogens is 2. The van der Waals surface area contributed by atoms with Crippen LogP contribution >= 0.6 is 0 Å². The summed E-state index contributed by atoms with van der Waals surface area (Å²) in [5.41, 5.74) is 1.87. The van der Waals surface area contributed by atoms with Gasteiger partial charge in [0.15, 0.2) is 0 Å². The van der Waals surface area contributed by atoms with Gasteiger partial charge in [0.25, 0.3) is 0 Å². The lowest BCUT2D eigenvalue weighted by molar-refractivity contribution is -0.122. The van der Waals surface area contributed by atoms with E-state index in [1.54, 1.807) is 18.9 Å². The Balaban J connectivity index is 1.60. The van der Waals surface area contributed by atoms with Crippen molar-refractivity contribution in [2.75, 3.05) is 31.7 Å². The molecule has 0 aliphatic carbocycles. The van der Waals surface area contributed by atoms with Crippen molar-refractivity contribution in [1.29, 1.82) is 0 Å². The summed E-state index contributed by atoms with van der Waals surface area (Å²) < 4.78 is 6.96. The van der Waals surface area contributed by atoms with Gasteiger partial charge in [-0.1, -0.05) is 12.1 Å². The second-order valence-electron chi connectivity index (χ2n) is 6.01. The van der Waals surface area contributed by atoms with E-state index in [2.05, 4.69) is 15.6 Å². The Bertz CT molecular complexity index is 773. The van der Waals surface area contributed by atoms with Gasteiger partial charge in [0.05, 0.1) is 11.0 Å². The molecule has 1 aromatic heterocycles. The zero-order valence-corrected chi connectivity index (χ0v) is 14.5. The maximum atomic E-state index is 12.5. The summed E-state index contributed by atoms with van der Waals surface area (Å²) in [6, 6.07) is 6.86. The van der Waals surface area contributed by atoms with E-state index >= 15 is 0 Å². The van der Waals surface area contributed by atoms with Crippen molar-refractivity contribution in [2.45, 2.75) is 25.9 Å². The Hall–Kier alpha value is -2.61. The third kappa shape index (κ3) is 3.58. The molecule has 0 saturated heterocycles. The number of nitrogens with one attached hydrogen (secondary N) is 2. The number of carbonyl (C=O) groups excluding carboxylic acids is 2. The Kier molecular flexibility index (Phi) is 5.18. The number of methoxy groups -OCH3 is 1. The molecule has 1 aliphatic heterocycles. The normalized spacial score (nSPS) is 14.4. The third-order valence-electron chi connectivity index (χ3n) is 4.23. The first-order valence-corrected chi connectivity index (χ1v) is 8.41. The SMILES string of the molecule is COCCCNC(=O)C(C)NC(=O)N1CCn2c1nc1ccccc12. The molecule has 134 valence electrons. The number of fused-ring (bicyclic) bond motifs is 3. The molecular formula is C17H23N5O3. The Labute approximate surface area is 146 Å². The van der Waals surface area contributed by atoms with Crippen molar-refractivity contribution in [1.82, 2.24) is 20.2 Å². The van der Waals surface area contributed by atoms with E-state index in [1.807, 2.05) is 28.8 Å². The third-order valence-corrected chi connectivity index (χ3v) is 4.23. The highest BCUT2D eigenvalue weighted by Gasteiger charge is 2.29. The molecule has 2 heterocycles. The van der Waals surface area contributed by atoms with E-state index in [-0.39, 0.29) is 11.9 Å². The molecular weight excluding hydrogens is 322 g/mol. The first kappa shape index (κ1) is 17.2. The van der Waals surface area contributed by atoms with Gasteiger partial charge in [0, 0.05) is 33.4 Å². The summed E-state index contributed by atoms with van der Waals surface area (Å²) in [6.45, 7) is 4.02. The van der Waals surface area contributed by atoms with Crippen molar-refractivity contribution in [3.63, 3.8) is 0 Å². The number of carbonyl (C=O) groups is 2. The van der Waals surface area contributed by atoms with Crippen LogP contribution in [-0.2, 0) is 16.1 Å². The van der Waals surface area contributed by atoms with Crippen LogP contribution in [0.5, 0.6) is 0 Å². The Morgan fingerprint density at radius 1 is 1.32 bits per heavy atom. The van der Waals surface area contributed by atoms with Crippen LogP contribution in [-0.4, -0.2) is 54.3 Å². The number of nitrogens with zero attached hydrogens (tertiary/aromatic N) is 3. The van der Waals surface area contributed by atoms with Gasteiger partial charge in [0.2, 0.25) is 11.9 Å². The molecule has 0 radical (unpaired) electrons. The minimum Gasteiger partial charge on any atom is -0.385 e. The molecule has 25 heavy (non-hydrogen) atoms.